The van der Waals surface area contributed by atoms with Gasteiger partial charge in [0.2, 0.25) is 5.75 Å². The SMILES string of the molecule is COC(=O)c1cc2cc(OC)c(OC)c(OC)c2c2cc(OC)c(OC)cc12. The lowest BCUT2D eigenvalue weighted by atomic mass is 9.95. The van der Waals surface area contributed by atoms with Crippen LogP contribution in [0.2, 0.25) is 0 Å². The van der Waals surface area contributed by atoms with Gasteiger partial charge in [-0.1, -0.05) is 0 Å². The lowest BCUT2D eigenvalue weighted by Gasteiger charge is -2.18. The van der Waals surface area contributed by atoms with Crippen LogP contribution in [0.15, 0.2) is 24.3 Å². The van der Waals surface area contributed by atoms with Crippen molar-refractivity contribution >= 4 is 27.5 Å². The van der Waals surface area contributed by atoms with Crippen molar-refractivity contribution < 1.29 is 33.2 Å². The zero-order valence-corrected chi connectivity index (χ0v) is 16.7. The van der Waals surface area contributed by atoms with Crippen molar-refractivity contribution in [1.82, 2.24) is 0 Å². The molecule has 0 amide bonds. The summed E-state index contributed by atoms with van der Waals surface area (Å²) in [6.07, 6.45) is 0. The summed E-state index contributed by atoms with van der Waals surface area (Å²) in [5, 5.41) is 2.86. The van der Waals surface area contributed by atoms with Crippen LogP contribution in [0.5, 0.6) is 28.7 Å². The van der Waals surface area contributed by atoms with Crippen molar-refractivity contribution in [1.29, 1.82) is 0 Å². The van der Waals surface area contributed by atoms with Gasteiger partial charge in [-0.25, -0.2) is 4.79 Å². The fourth-order valence-corrected chi connectivity index (χ4v) is 3.39. The molecule has 0 heterocycles. The number of methoxy groups -OCH3 is 6. The minimum Gasteiger partial charge on any atom is -0.493 e. The van der Waals surface area contributed by atoms with Gasteiger partial charge in [-0.3, -0.25) is 0 Å². The van der Waals surface area contributed by atoms with Gasteiger partial charge >= 0.3 is 5.97 Å². The van der Waals surface area contributed by atoms with E-state index in [9.17, 15) is 4.79 Å². The van der Waals surface area contributed by atoms with Crippen LogP contribution >= 0.6 is 0 Å². The molecule has 0 saturated heterocycles. The second kappa shape index (κ2) is 7.72. The number of hydrogen-bond acceptors (Lipinski definition) is 7. The Bertz CT molecular complexity index is 1060. The van der Waals surface area contributed by atoms with E-state index < -0.39 is 5.97 Å². The zero-order chi connectivity index (χ0) is 20.4. The quantitative estimate of drug-likeness (QED) is 0.471. The fourth-order valence-electron chi connectivity index (χ4n) is 3.39. The largest absolute Gasteiger partial charge is 0.493 e. The van der Waals surface area contributed by atoms with Gasteiger partial charge in [0.1, 0.15) is 0 Å². The molecule has 0 N–H and O–H groups in total. The molecule has 148 valence electrons. The molecular weight excluding hydrogens is 364 g/mol. The zero-order valence-electron chi connectivity index (χ0n) is 16.7. The average Bonchev–Trinajstić information content (AvgIpc) is 2.74. The molecule has 3 aromatic carbocycles. The maximum absolute atomic E-state index is 12.5. The van der Waals surface area contributed by atoms with E-state index in [1.165, 1.54) is 14.2 Å². The molecule has 7 heteroatoms. The van der Waals surface area contributed by atoms with Gasteiger partial charge in [0, 0.05) is 10.8 Å². The number of ether oxygens (including phenoxy) is 6. The number of carbonyl (C=O) groups excluding carboxylic acids is 1. The van der Waals surface area contributed by atoms with Crippen molar-refractivity contribution in [2.75, 3.05) is 42.7 Å². The summed E-state index contributed by atoms with van der Waals surface area (Å²) in [7, 11) is 9.07. The Balaban J connectivity index is 2.60. The molecule has 0 fully saturated rings. The lowest BCUT2D eigenvalue weighted by Crippen LogP contribution is -2.04. The highest BCUT2D eigenvalue weighted by Gasteiger charge is 2.23. The minimum absolute atomic E-state index is 0.389. The summed E-state index contributed by atoms with van der Waals surface area (Å²) in [5.74, 6) is 1.99. The maximum Gasteiger partial charge on any atom is 0.338 e. The highest BCUT2D eigenvalue weighted by atomic mass is 16.5. The van der Waals surface area contributed by atoms with E-state index >= 15 is 0 Å². The van der Waals surface area contributed by atoms with Crippen LogP contribution in [0, 0.1) is 0 Å². The molecule has 0 aliphatic rings. The van der Waals surface area contributed by atoms with E-state index in [0.29, 0.717) is 39.7 Å². The Morgan fingerprint density at radius 3 is 1.71 bits per heavy atom. The first-order valence-corrected chi connectivity index (χ1v) is 8.44. The summed E-state index contributed by atoms with van der Waals surface area (Å²) in [6, 6.07) is 7.08. The summed E-state index contributed by atoms with van der Waals surface area (Å²) >= 11 is 0. The predicted octanol–water partition coefficient (Wildman–Crippen LogP) is 3.82. The van der Waals surface area contributed by atoms with Crippen LogP contribution in [0.25, 0.3) is 21.5 Å². The third kappa shape index (κ3) is 2.89. The number of fused-ring (bicyclic) bond motifs is 3. The number of hydrogen-bond donors (Lipinski definition) is 0. The van der Waals surface area contributed by atoms with Crippen molar-refractivity contribution in [2.45, 2.75) is 0 Å². The predicted molar refractivity (Wildman–Crippen MR) is 106 cm³/mol. The van der Waals surface area contributed by atoms with Gasteiger partial charge in [-0.05, 0) is 35.0 Å². The molecular formula is C21H22O7. The Morgan fingerprint density at radius 1 is 0.643 bits per heavy atom. The highest BCUT2D eigenvalue weighted by molar-refractivity contribution is 6.19. The lowest BCUT2D eigenvalue weighted by molar-refractivity contribution is 0.0603. The number of esters is 1. The molecule has 7 nitrogen and oxygen atoms in total. The normalized spacial score (nSPS) is 10.6. The molecule has 0 aliphatic heterocycles. The Hall–Kier alpha value is -3.35. The molecule has 0 saturated carbocycles. The van der Waals surface area contributed by atoms with Gasteiger partial charge in [0.05, 0.1) is 48.2 Å². The molecule has 28 heavy (non-hydrogen) atoms. The van der Waals surface area contributed by atoms with Gasteiger partial charge in [0.25, 0.3) is 0 Å². The summed E-state index contributed by atoms with van der Waals surface area (Å²) in [6.45, 7) is 0. The molecule has 0 spiro atoms. The van der Waals surface area contributed by atoms with Gasteiger partial charge in [-0.2, -0.15) is 0 Å². The minimum atomic E-state index is -0.465. The van der Waals surface area contributed by atoms with Crippen LogP contribution in [-0.2, 0) is 4.74 Å². The summed E-state index contributed by atoms with van der Waals surface area (Å²) < 4.78 is 32.5. The van der Waals surface area contributed by atoms with E-state index in [-0.39, 0.29) is 0 Å². The van der Waals surface area contributed by atoms with Gasteiger partial charge in [-0.15, -0.1) is 0 Å². The second-order valence-corrected chi connectivity index (χ2v) is 5.91. The van der Waals surface area contributed by atoms with E-state index in [1.807, 2.05) is 0 Å². The van der Waals surface area contributed by atoms with E-state index in [1.54, 1.807) is 52.7 Å². The standard InChI is InChI=1S/C21H22O7/c1-23-15-9-12-13(10-16(15)24-2)18-11(7-14(12)21(22)28-6)8-17(25-3)19(26-4)20(18)27-5/h7-10H,1-6H3. The first kappa shape index (κ1) is 19.4. The number of rotatable bonds is 6. The van der Waals surface area contributed by atoms with Crippen molar-refractivity contribution in [3.63, 3.8) is 0 Å². The van der Waals surface area contributed by atoms with Crippen LogP contribution in [0.1, 0.15) is 10.4 Å². The molecule has 0 aliphatic carbocycles. The highest BCUT2D eigenvalue weighted by Crippen LogP contribution is 2.48. The first-order chi connectivity index (χ1) is 13.5. The topological polar surface area (TPSA) is 72.5 Å². The van der Waals surface area contributed by atoms with Crippen molar-refractivity contribution in [3.05, 3.63) is 29.8 Å². The van der Waals surface area contributed by atoms with Gasteiger partial charge < -0.3 is 28.4 Å². The molecule has 0 aromatic heterocycles. The molecule has 0 atom stereocenters. The van der Waals surface area contributed by atoms with E-state index in [0.717, 1.165) is 16.2 Å². The van der Waals surface area contributed by atoms with Crippen LogP contribution in [0.3, 0.4) is 0 Å². The van der Waals surface area contributed by atoms with Crippen LogP contribution < -0.4 is 23.7 Å². The molecule has 0 radical (unpaired) electrons. The van der Waals surface area contributed by atoms with Gasteiger partial charge in [0.15, 0.2) is 23.0 Å². The van der Waals surface area contributed by atoms with Crippen LogP contribution in [0.4, 0.5) is 0 Å². The monoisotopic (exact) mass is 386 g/mol. The van der Waals surface area contributed by atoms with Crippen molar-refractivity contribution in [2.24, 2.45) is 0 Å². The summed E-state index contributed by atoms with van der Waals surface area (Å²) in [5.41, 5.74) is 0.389. The Labute approximate surface area is 162 Å². The van der Waals surface area contributed by atoms with Crippen molar-refractivity contribution in [3.8, 4) is 28.7 Å². The fraction of sp³-hybridized carbons (Fsp3) is 0.286. The number of benzene rings is 3. The molecule has 3 rings (SSSR count). The molecule has 0 unspecified atom stereocenters. The molecule has 0 bridgehead atoms. The maximum atomic E-state index is 12.5. The third-order valence-corrected chi connectivity index (χ3v) is 4.65. The average molecular weight is 386 g/mol. The van der Waals surface area contributed by atoms with E-state index in [4.69, 9.17) is 28.4 Å². The number of carbonyl (C=O) groups is 1. The summed E-state index contributed by atoms with van der Waals surface area (Å²) in [4.78, 5) is 12.5. The molecule has 3 aromatic rings. The van der Waals surface area contributed by atoms with E-state index in [2.05, 4.69) is 0 Å². The Kier molecular flexibility index (Phi) is 5.35. The second-order valence-electron chi connectivity index (χ2n) is 5.91. The Morgan fingerprint density at radius 2 is 1.21 bits per heavy atom. The van der Waals surface area contributed by atoms with Crippen LogP contribution in [-0.4, -0.2) is 48.6 Å². The third-order valence-electron chi connectivity index (χ3n) is 4.65. The smallest absolute Gasteiger partial charge is 0.338 e. The first-order valence-electron chi connectivity index (χ1n) is 8.44.